The van der Waals surface area contributed by atoms with Gasteiger partial charge in [0.25, 0.3) is 0 Å². The molecule has 10 nitrogen and oxygen atoms in total. The van der Waals surface area contributed by atoms with Gasteiger partial charge in [-0.25, -0.2) is 14.4 Å². The van der Waals surface area contributed by atoms with Crippen LogP contribution in [0.15, 0.2) is 30.6 Å². The number of aromatic nitrogens is 2. The second kappa shape index (κ2) is 7.45. The first-order chi connectivity index (χ1) is 13.5. The summed E-state index contributed by atoms with van der Waals surface area (Å²) in [5, 5.41) is 42.0. The number of ether oxygens (including phenoxy) is 1. The van der Waals surface area contributed by atoms with Crippen molar-refractivity contribution in [3.63, 3.8) is 0 Å². The van der Waals surface area contributed by atoms with Gasteiger partial charge in [0, 0.05) is 0 Å². The number of anilines is 1. The maximum atomic E-state index is 13.0. The maximum Gasteiger partial charge on any atom is 0.176 e. The van der Waals surface area contributed by atoms with E-state index in [9.17, 15) is 19.7 Å². The minimum Gasteiger partial charge on any atom is -0.394 e. The average Bonchev–Trinajstić information content (AvgIpc) is 3.24. The summed E-state index contributed by atoms with van der Waals surface area (Å²) in [6.07, 6.45) is -2.95. The molecule has 0 amide bonds. The Hall–Kier alpha value is -2.57. The van der Waals surface area contributed by atoms with Crippen LogP contribution >= 0.6 is 0 Å². The lowest BCUT2D eigenvalue weighted by Gasteiger charge is -2.30. The van der Waals surface area contributed by atoms with E-state index in [0.29, 0.717) is 5.82 Å². The molecule has 0 saturated carbocycles. The first kappa shape index (κ1) is 18.8. The molecule has 3 heterocycles. The highest BCUT2D eigenvalue weighted by molar-refractivity contribution is 5.99. The second-order valence-electron chi connectivity index (χ2n) is 6.54. The standard InChI is InChI=1S/C17H20FN5O5/c18-10-3-1-9(2-4-10)6-27-23-8-21-16-12(15(23)19)20-7-22(16)17-14(26)13(25)11(5-24)28-17/h1-4,7,11,13-14,17,19,21,24-26H,5-6,8H2/t11-,13-,14-,17-/m1/s1. The number of rotatable bonds is 5. The molecule has 4 rings (SSSR count). The molecule has 5 N–H and O–H groups in total. The van der Waals surface area contributed by atoms with Crippen LogP contribution in [-0.2, 0) is 16.2 Å². The van der Waals surface area contributed by atoms with Gasteiger partial charge in [-0.3, -0.25) is 14.8 Å². The Morgan fingerprint density at radius 3 is 2.71 bits per heavy atom. The lowest BCUT2D eigenvalue weighted by Crippen LogP contribution is -2.41. The topological polar surface area (TPSA) is 136 Å². The van der Waals surface area contributed by atoms with Crippen molar-refractivity contribution >= 4 is 11.7 Å². The molecule has 1 fully saturated rings. The van der Waals surface area contributed by atoms with Gasteiger partial charge in [-0.2, -0.15) is 0 Å². The van der Waals surface area contributed by atoms with Crippen molar-refractivity contribution in [2.24, 2.45) is 0 Å². The number of halogens is 1. The van der Waals surface area contributed by atoms with Crippen molar-refractivity contribution < 1.29 is 29.3 Å². The molecule has 0 unspecified atom stereocenters. The fourth-order valence-corrected chi connectivity index (χ4v) is 3.20. The molecule has 150 valence electrons. The van der Waals surface area contributed by atoms with E-state index in [1.165, 1.54) is 28.1 Å². The minimum absolute atomic E-state index is 0.00125. The van der Waals surface area contributed by atoms with E-state index in [1.54, 1.807) is 12.1 Å². The number of hydrogen-bond donors (Lipinski definition) is 5. The van der Waals surface area contributed by atoms with Gasteiger partial charge in [0.05, 0.1) is 12.9 Å². The zero-order valence-electron chi connectivity index (χ0n) is 14.7. The van der Waals surface area contributed by atoms with E-state index in [2.05, 4.69) is 10.3 Å². The molecule has 4 atom stereocenters. The molecule has 2 aliphatic heterocycles. The zero-order valence-corrected chi connectivity index (χ0v) is 14.7. The predicted molar refractivity (Wildman–Crippen MR) is 93.6 cm³/mol. The van der Waals surface area contributed by atoms with Gasteiger partial charge < -0.3 is 25.4 Å². The molecule has 0 aliphatic carbocycles. The molecule has 0 radical (unpaired) electrons. The number of nitrogens with zero attached hydrogens (tertiary/aromatic N) is 3. The van der Waals surface area contributed by atoms with E-state index in [1.807, 2.05) is 0 Å². The number of aliphatic hydroxyl groups excluding tert-OH is 3. The molecular formula is C17H20FN5O5. The van der Waals surface area contributed by atoms with Gasteiger partial charge >= 0.3 is 0 Å². The summed E-state index contributed by atoms with van der Waals surface area (Å²) < 4.78 is 20.0. The summed E-state index contributed by atoms with van der Waals surface area (Å²) >= 11 is 0. The van der Waals surface area contributed by atoms with E-state index < -0.39 is 31.1 Å². The Labute approximate surface area is 159 Å². The van der Waals surface area contributed by atoms with Gasteiger partial charge in [-0.1, -0.05) is 12.1 Å². The van der Waals surface area contributed by atoms with Crippen LogP contribution in [0, 0.1) is 11.2 Å². The van der Waals surface area contributed by atoms with Crippen LogP contribution in [0.5, 0.6) is 0 Å². The molecule has 2 aromatic rings. The van der Waals surface area contributed by atoms with Crippen LogP contribution < -0.4 is 5.32 Å². The number of fused-ring (bicyclic) bond motifs is 1. The second-order valence-corrected chi connectivity index (χ2v) is 6.54. The van der Waals surface area contributed by atoms with Crippen molar-refractivity contribution in [1.29, 1.82) is 5.41 Å². The first-order valence-electron chi connectivity index (χ1n) is 8.66. The van der Waals surface area contributed by atoms with Gasteiger partial charge in [-0.15, -0.1) is 0 Å². The lowest BCUT2D eigenvalue weighted by atomic mass is 10.1. The van der Waals surface area contributed by atoms with Crippen molar-refractivity contribution in [3.05, 3.63) is 47.7 Å². The monoisotopic (exact) mass is 393 g/mol. The minimum atomic E-state index is -1.25. The number of imidazole rings is 1. The SMILES string of the molecule is N=C1c2ncn([C@@H]3O[C@H](CO)[C@@H](O)[C@H]3O)c2NCN1OCc1ccc(F)cc1. The van der Waals surface area contributed by atoms with E-state index in [-0.39, 0.29) is 30.6 Å². The molecule has 28 heavy (non-hydrogen) atoms. The third-order valence-electron chi connectivity index (χ3n) is 4.75. The highest BCUT2D eigenvalue weighted by Crippen LogP contribution is 2.34. The number of hydroxylamine groups is 2. The number of benzene rings is 1. The molecular weight excluding hydrogens is 373 g/mol. The van der Waals surface area contributed by atoms with Crippen molar-refractivity contribution in [1.82, 2.24) is 14.6 Å². The summed E-state index contributed by atoms with van der Waals surface area (Å²) in [6, 6.07) is 5.86. The van der Waals surface area contributed by atoms with Crippen molar-refractivity contribution in [2.75, 3.05) is 18.6 Å². The molecule has 1 saturated heterocycles. The Morgan fingerprint density at radius 2 is 2.04 bits per heavy atom. The first-order valence-corrected chi connectivity index (χ1v) is 8.66. The Bertz CT molecular complexity index is 860. The van der Waals surface area contributed by atoms with Crippen molar-refractivity contribution in [3.8, 4) is 0 Å². The Kier molecular flexibility index (Phi) is 5.00. The lowest BCUT2D eigenvalue weighted by molar-refractivity contribution is -0.108. The van der Waals surface area contributed by atoms with Gasteiger partial charge in [0.2, 0.25) is 0 Å². The third kappa shape index (κ3) is 3.23. The highest BCUT2D eigenvalue weighted by atomic mass is 19.1. The third-order valence-corrected chi connectivity index (χ3v) is 4.75. The maximum absolute atomic E-state index is 13.0. The van der Waals surface area contributed by atoms with E-state index in [4.69, 9.17) is 15.0 Å². The molecule has 11 heteroatoms. The fourth-order valence-electron chi connectivity index (χ4n) is 3.20. The molecule has 0 spiro atoms. The van der Waals surface area contributed by atoms with Crippen LogP contribution in [0.2, 0.25) is 0 Å². The smallest absolute Gasteiger partial charge is 0.176 e. The number of hydrogen-bond acceptors (Lipinski definition) is 8. The van der Waals surface area contributed by atoms with Crippen molar-refractivity contribution in [2.45, 2.75) is 31.1 Å². The fraction of sp³-hybridized carbons (Fsp3) is 0.412. The largest absolute Gasteiger partial charge is 0.394 e. The molecule has 0 bridgehead atoms. The van der Waals surface area contributed by atoms with Gasteiger partial charge in [0.1, 0.15) is 48.9 Å². The van der Waals surface area contributed by atoms with Crippen LogP contribution in [0.1, 0.15) is 17.5 Å². The predicted octanol–water partition coefficient (Wildman–Crippen LogP) is -0.224. The number of amidine groups is 1. The van der Waals surface area contributed by atoms with Crippen LogP contribution in [0.25, 0.3) is 0 Å². The van der Waals surface area contributed by atoms with E-state index >= 15 is 0 Å². The Morgan fingerprint density at radius 1 is 1.29 bits per heavy atom. The summed E-state index contributed by atoms with van der Waals surface area (Å²) in [5.41, 5.74) is 1.03. The van der Waals surface area contributed by atoms with Crippen LogP contribution in [-0.4, -0.2) is 67.4 Å². The molecule has 2 aliphatic rings. The summed E-state index contributed by atoms with van der Waals surface area (Å²) in [5.74, 6) is 0.0963. The summed E-state index contributed by atoms with van der Waals surface area (Å²) in [7, 11) is 0. The highest BCUT2D eigenvalue weighted by Gasteiger charge is 2.44. The normalized spacial score (nSPS) is 27.0. The Balaban J connectivity index is 1.47. The molecule has 1 aromatic carbocycles. The quantitative estimate of drug-likeness (QED) is 0.470. The van der Waals surface area contributed by atoms with Gasteiger partial charge in [-0.05, 0) is 17.7 Å². The number of aliphatic hydroxyl groups is 3. The van der Waals surface area contributed by atoms with Crippen LogP contribution in [0.4, 0.5) is 10.2 Å². The number of nitrogens with one attached hydrogen (secondary N) is 2. The summed E-state index contributed by atoms with van der Waals surface area (Å²) in [4.78, 5) is 9.79. The van der Waals surface area contributed by atoms with E-state index in [0.717, 1.165) is 5.56 Å². The average molecular weight is 393 g/mol. The van der Waals surface area contributed by atoms with Gasteiger partial charge in [0.15, 0.2) is 12.1 Å². The summed E-state index contributed by atoms with van der Waals surface area (Å²) in [6.45, 7) is -0.150. The zero-order chi connectivity index (χ0) is 19.8. The van der Waals surface area contributed by atoms with Crippen LogP contribution in [0.3, 0.4) is 0 Å². The molecule has 1 aromatic heterocycles.